The normalized spacial score (nSPS) is 13.7. The number of nitrogens with one attached hydrogen (secondary N) is 1. The van der Waals surface area contributed by atoms with Crippen LogP contribution in [0, 0.1) is 0 Å². The molecule has 2 unspecified atom stereocenters. The molecule has 1 rings (SSSR count). The molecule has 1 aromatic heterocycles. The molecule has 0 aliphatic carbocycles. The van der Waals surface area contributed by atoms with Crippen LogP contribution in [0.1, 0.15) is 155 Å². The summed E-state index contributed by atoms with van der Waals surface area (Å²) in [7, 11) is 0. The quantitative estimate of drug-likeness (QED) is 0.180. The van der Waals surface area contributed by atoms with Gasteiger partial charge in [0.2, 0.25) is 0 Å². The average Bonchev–Trinajstić information content (AvgIpc) is 3.19. The van der Waals surface area contributed by atoms with Crippen LogP contribution < -0.4 is 4.57 Å². The molecule has 1 heterocycles. The summed E-state index contributed by atoms with van der Waals surface area (Å²) in [6.07, 6.45) is 28.1. The number of aromatic amines is 1. The molecule has 0 aromatic carbocycles. The summed E-state index contributed by atoms with van der Waals surface area (Å²) in [5.41, 5.74) is 0. The van der Waals surface area contributed by atoms with Gasteiger partial charge in [-0.3, -0.25) is 0 Å². The van der Waals surface area contributed by atoms with E-state index in [2.05, 4.69) is 49.6 Å². The van der Waals surface area contributed by atoms with E-state index in [1.165, 1.54) is 115 Å². The zero-order valence-electron chi connectivity index (χ0n) is 19.8. The third-order valence-corrected chi connectivity index (χ3v) is 6.48. The molecular weight excluding hydrogens is 340 g/mol. The molecule has 0 amide bonds. The topological polar surface area (TPSA) is 19.7 Å². The van der Waals surface area contributed by atoms with Crippen molar-refractivity contribution in [2.45, 2.75) is 149 Å². The molecule has 2 atom stereocenters. The number of hydrogen-bond acceptors (Lipinski definition) is 0. The summed E-state index contributed by atoms with van der Waals surface area (Å²) in [6, 6.07) is 0.624. The maximum absolute atomic E-state index is 3.58. The molecule has 0 saturated heterocycles. The summed E-state index contributed by atoms with van der Waals surface area (Å²) in [4.78, 5) is 3.58. The van der Waals surface area contributed by atoms with Crippen molar-refractivity contribution in [1.82, 2.24) is 4.98 Å². The number of hydrogen-bond donors (Lipinski definition) is 1. The first kappa shape index (κ1) is 25.2. The highest BCUT2D eigenvalue weighted by Gasteiger charge is 2.24. The molecule has 164 valence electrons. The Hall–Kier alpha value is -0.790. The van der Waals surface area contributed by atoms with Gasteiger partial charge in [-0.15, -0.1) is 0 Å². The van der Waals surface area contributed by atoms with E-state index in [9.17, 15) is 0 Å². The van der Waals surface area contributed by atoms with Crippen molar-refractivity contribution in [3.8, 4) is 0 Å². The second-order valence-corrected chi connectivity index (χ2v) is 9.03. The monoisotopic (exact) mass is 391 g/mol. The Balaban J connectivity index is 2.20. The fraction of sp³-hybridized carbons (Fsp3) is 0.885. The Morgan fingerprint density at radius 3 is 1.79 bits per heavy atom. The van der Waals surface area contributed by atoms with Gasteiger partial charge >= 0.3 is 0 Å². The van der Waals surface area contributed by atoms with Crippen LogP contribution in [-0.4, -0.2) is 4.98 Å². The maximum atomic E-state index is 3.58. The smallest absolute Gasteiger partial charge is 0.247 e. The van der Waals surface area contributed by atoms with Crippen molar-refractivity contribution in [2.75, 3.05) is 0 Å². The van der Waals surface area contributed by atoms with Crippen LogP contribution in [0.25, 0.3) is 0 Å². The van der Waals surface area contributed by atoms with E-state index in [-0.39, 0.29) is 0 Å². The lowest BCUT2D eigenvalue weighted by Gasteiger charge is -2.15. The molecule has 0 bridgehead atoms. The molecule has 0 saturated carbocycles. The Labute approximate surface area is 176 Å². The van der Waals surface area contributed by atoms with Gasteiger partial charge in [-0.1, -0.05) is 104 Å². The average molecular weight is 392 g/mol. The highest BCUT2D eigenvalue weighted by Crippen LogP contribution is 2.24. The van der Waals surface area contributed by atoms with Crippen LogP contribution in [0.15, 0.2) is 12.4 Å². The molecule has 2 heteroatoms. The Kier molecular flexibility index (Phi) is 15.4. The van der Waals surface area contributed by atoms with Gasteiger partial charge < -0.3 is 0 Å². The predicted octanol–water partition coefficient (Wildman–Crippen LogP) is 8.64. The molecular formula is C26H51N2+. The standard InChI is InChI=1S/C26H50N2/c1-5-8-10-11-12-13-14-15-16-17-19-21-25(7-3)26-27-22-23-28(26)24(4)20-18-9-6-2/h22-25H,5-21H2,1-4H3/p+1. The fourth-order valence-electron chi connectivity index (χ4n) is 4.49. The van der Waals surface area contributed by atoms with Gasteiger partial charge in [0.1, 0.15) is 12.4 Å². The minimum Gasteiger partial charge on any atom is -0.247 e. The van der Waals surface area contributed by atoms with E-state index >= 15 is 0 Å². The lowest BCUT2D eigenvalue weighted by atomic mass is 9.96. The van der Waals surface area contributed by atoms with E-state index in [0.29, 0.717) is 12.0 Å². The Morgan fingerprint density at radius 1 is 0.714 bits per heavy atom. The highest BCUT2D eigenvalue weighted by molar-refractivity contribution is 4.89. The van der Waals surface area contributed by atoms with Crippen LogP contribution in [0.3, 0.4) is 0 Å². The maximum Gasteiger partial charge on any atom is 0.257 e. The fourth-order valence-corrected chi connectivity index (χ4v) is 4.49. The van der Waals surface area contributed by atoms with Crippen LogP contribution in [0.5, 0.6) is 0 Å². The molecule has 0 radical (unpaired) electrons. The summed E-state index contributed by atoms with van der Waals surface area (Å²) >= 11 is 0. The van der Waals surface area contributed by atoms with E-state index in [4.69, 9.17) is 0 Å². The van der Waals surface area contributed by atoms with Crippen molar-refractivity contribution in [1.29, 1.82) is 0 Å². The van der Waals surface area contributed by atoms with Gasteiger partial charge in [0.05, 0.1) is 12.0 Å². The number of H-pyrrole nitrogens is 1. The Bertz CT molecular complexity index is 451. The van der Waals surface area contributed by atoms with Crippen molar-refractivity contribution in [2.24, 2.45) is 0 Å². The second-order valence-electron chi connectivity index (χ2n) is 9.03. The first-order valence-corrected chi connectivity index (χ1v) is 12.8. The molecule has 1 N–H and O–H groups in total. The van der Waals surface area contributed by atoms with E-state index in [1.54, 1.807) is 0 Å². The minimum atomic E-state index is 0.624. The minimum absolute atomic E-state index is 0.624. The van der Waals surface area contributed by atoms with Gasteiger partial charge in [-0.25, -0.2) is 9.55 Å². The molecule has 0 aliphatic rings. The number of unbranched alkanes of at least 4 members (excludes halogenated alkanes) is 12. The van der Waals surface area contributed by atoms with Crippen molar-refractivity contribution in [3.63, 3.8) is 0 Å². The summed E-state index contributed by atoms with van der Waals surface area (Å²) in [6.45, 7) is 9.34. The van der Waals surface area contributed by atoms with Crippen LogP contribution in [-0.2, 0) is 0 Å². The van der Waals surface area contributed by atoms with Crippen molar-refractivity contribution >= 4 is 0 Å². The third-order valence-electron chi connectivity index (χ3n) is 6.48. The van der Waals surface area contributed by atoms with Gasteiger partial charge in [-0.05, 0) is 32.6 Å². The predicted molar refractivity (Wildman–Crippen MR) is 124 cm³/mol. The number of rotatable bonds is 19. The number of aromatic nitrogens is 2. The van der Waals surface area contributed by atoms with E-state index < -0.39 is 0 Å². The van der Waals surface area contributed by atoms with Crippen LogP contribution >= 0.6 is 0 Å². The molecule has 0 spiro atoms. The largest absolute Gasteiger partial charge is 0.257 e. The molecule has 2 nitrogen and oxygen atoms in total. The summed E-state index contributed by atoms with van der Waals surface area (Å²) in [5, 5.41) is 0. The zero-order valence-corrected chi connectivity index (χ0v) is 19.8. The number of imidazole rings is 1. The third kappa shape index (κ3) is 10.7. The molecule has 1 aromatic rings. The number of nitrogens with zero attached hydrogens (tertiary/aromatic N) is 1. The van der Waals surface area contributed by atoms with Crippen LogP contribution in [0.4, 0.5) is 0 Å². The Morgan fingerprint density at radius 2 is 1.21 bits per heavy atom. The highest BCUT2D eigenvalue weighted by atomic mass is 15.1. The van der Waals surface area contributed by atoms with Gasteiger partial charge in [-0.2, -0.15) is 0 Å². The molecule has 0 aliphatic heterocycles. The van der Waals surface area contributed by atoms with Crippen molar-refractivity contribution < 1.29 is 4.57 Å². The molecule has 0 fully saturated rings. The van der Waals surface area contributed by atoms with Crippen LogP contribution in [0.2, 0.25) is 0 Å². The van der Waals surface area contributed by atoms with Gasteiger partial charge in [0.25, 0.3) is 5.82 Å². The first-order chi connectivity index (χ1) is 13.7. The van der Waals surface area contributed by atoms with Crippen molar-refractivity contribution in [3.05, 3.63) is 18.2 Å². The van der Waals surface area contributed by atoms with Gasteiger partial charge in [0, 0.05) is 0 Å². The lowest BCUT2D eigenvalue weighted by Crippen LogP contribution is -2.41. The summed E-state index contributed by atoms with van der Waals surface area (Å²) in [5.74, 6) is 2.17. The van der Waals surface area contributed by atoms with Gasteiger partial charge in [0.15, 0.2) is 0 Å². The second kappa shape index (κ2) is 17.1. The summed E-state index contributed by atoms with van der Waals surface area (Å²) < 4.78 is 2.53. The van der Waals surface area contributed by atoms with E-state index in [1.807, 2.05) is 0 Å². The van der Waals surface area contributed by atoms with E-state index in [0.717, 1.165) is 0 Å². The lowest BCUT2D eigenvalue weighted by molar-refractivity contribution is -0.727. The zero-order chi connectivity index (χ0) is 20.5. The molecule has 28 heavy (non-hydrogen) atoms. The first-order valence-electron chi connectivity index (χ1n) is 12.8. The SMILES string of the molecule is CCCCCCCCCCCCCC(CC)c1[nH]cc[n+]1C(C)CCCCC.